The molecule has 1 N–H and O–H groups in total. The number of morpholine rings is 1. The molecule has 1 aromatic heterocycles. The van der Waals surface area contributed by atoms with Gasteiger partial charge in [-0.1, -0.05) is 6.07 Å². The molecule has 7 nitrogen and oxygen atoms in total. The molecule has 2 aromatic carbocycles. The first-order valence-corrected chi connectivity index (χ1v) is 10.6. The van der Waals surface area contributed by atoms with Gasteiger partial charge in [0.1, 0.15) is 23.6 Å². The van der Waals surface area contributed by atoms with E-state index in [0.29, 0.717) is 18.6 Å². The highest BCUT2D eigenvalue weighted by molar-refractivity contribution is 5.57. The maximum absolute atomic E-state index is 13.5. The topological polar surface area (TPSA) is 64.4 Å². The zero-order valence-corrected chi connectivity index (χ0v) is 18.0. The lowest BCUT2D eigenvalue weighted by Crippen LogP contribution is -2.57. The third kappa shape index (κ3) is 4.23. The number of nitrogens with zero attached hydrogens (tertiary/aromatic N) is 4. The minimum absolute atomic E-state index is 0.260. The number of ether oxygens (including phenoxy) is 2. The number of benzene rings is 2. The lowest BCUT2D eigenvalue weighted by molar-refractivity contribution is -0.151. The van der Waals surface area contributed by atoms with Gasteiger partial charge in [-0.2, -0.15) is 4.98 Å². The fraction of sp³-hybridized carbons (Fsp3) is 0.391. The second kappa shape index (κ2) is 8.23. The molecule has 0 spiro atoms. The summed E-state index contributed by atoms with van der Waals surface area (Å²) in [5.41, 5.74) is 2.78. The Hall–Kier alpha value is -2.88. The van der Waals surface area contributed by atoms with Gasteiger partial charge in [-0.25, -0.2) is 13.5 Å². The van der Waals surface area contributed by atoms with Crippen LogP contribution in [0, 0.1) is 18.6 Å². The van der Waals surface area contributed by atoms with Crippen molar-refractivity contribution in [1.82, 2.24) is 19.7 Å². The quantitative estimate of drug-likeness (QED) is 0.654. The summed E-state index contributed by atoms with van der Waals surface area (Å²) in [5, 5.41) is 7.51. The van der Waals surface area contributed by atoms with E-state index in [0.717, 1.165) is 49.2 Å². The van der Waals surface area contributed by atoms with Gasteiger partial charge in [-0.05, 0) is 49.2 Å². The highest BCUT2D eigenvalue weighted by atomic mass is 19.1. The Morgan fingerprint density at radius 3 is 2.59 bits per heavy atom. The predicted molar refractivity (Wildman–Crippen MR) is 115 cm³/mol. The zero-order chi connectivity index (χ0) is 22.3. The predicted octanol–water partition coefficient (Wildman–Crippen LogP) is 3.54. The summed E-state index contributed by atoms with van der Waals surface area (Å²) in [7, 11) is 0. The molecule has 0 amide bonds. The van der Waals surface area contributed by atoms with Crippen LogP contribution in [0.4, 0.5) is 20.4 Å². The van der Waals surface area contributed by atoms with Crippen molar-refractivity contribution in [1.29, 1.82) is 0 Å². The van der Waals surface area contributed by atoms with Gasteiger partial charge in [-0.15, -0.1) is 5.10 Å². The third-order valence-electron chi connectivity index (χ3n) is 5.99. The summed E-state index contributed by atoms with van der Waals surface area (Å²) >= 11 is 0. The largest absolute Gasteiger partial charge is 0.378 e. The molecular formula is C23H25F2N5O2. The molecule has 9 heteroatoms. The van der Waals surface area contributed by atoms with E-state index in [9.17, 15) is 8.78 Å². The number of anilines is 2. The van der Waals surface area contributed by atoms with Crippen LogP contribution in [0.25, 0.3) is 5.69 Å². The van der Waals surface area contributed by atoms with Gasteiger partial charge in [0.15, 0.2) is 0 Å². The third-order valence-corrected chi connectivity index (χ3v) is 5.99. The Morgan fingerprint density at radius 1 is 1.09 bits per heavy atom. The number of halogens is 2. The van der Waals surface area contributed by atoms with E-state index in [4.69, 9.17) is 9.47 Å². The summed E-state index contributed by atoms with van der Waals surface area (Å²) in [6.07, 6.45) is 1.41. The zero-order valence-electron chi connectivity index (χ0n) is 18.0. The van der Waals surface area contributed by atoms with E-state index in [2.05, 4.69) is 33.3 Å². The molecule has 3 heterocycles. The van der Waals surface area contributed by atoms with Crippen LogP contribution in [0.5, 0.6) is 0 Å². The number of hydrogen-bond acceptors (Lipinski definition) is 6. The van der Waals surface area contributed by atoms with Gasteiger partial charge in [0, 0.05) is 24.8 Å². The van der Waals surface area contributed by atoms with Crippen molar-refractivity contribution in [3.63, 3.8) is 0 Å². The number of aryl methyl sites for hydroxylation is 1. The maximum atomic E-state index is 13.5. The van der Waals surface area contributed by atoms with Crippen LogP contribution < -0.4 is 5.32 Å². The van der Waals surface area contributed by atoms with E-state index in [1.54, 1.807) is 0 Å². The molecule has 2 saturated heterocycles. The smallest absolute Gasteiger partial charge is 0.246 e. The van der Waals surface area contributed by atoms with E-state index in [1.807, 2.05) is 19.1 Å². The van der Waals surface area contributed by atoms with Gasteiger partial charge in [0.25, 0.3) is 0 Å². The molecule has 5 rings (SSSR count). The SMILES string of the molecule is Cc1cc(Nc2ncn(-c3cc(F)cc(F)c3)n2)cc([C@]2(C)CN(C3COC3)CCO2)c1. The van der Waals surface area contributed by atoms with E-state index in [-0.39, 0.29) is 5.69 Å². The van der Waals surface area contributed by atoms with Crippen molar-refractivity contribution < 1.29 is 18.3 Å². The molecule has 168 valence electrons. The van der Waals surface area contributed by atoms with Crippen molar-refractivity contribution in [3.8, 4) is 5.69 Å². The lowest BCUT2D eigenvalue weighted by atomic mass is 9.91. The summed E-state index contributed by atoms with van der Waals surface area (Å²) in [4.78, 5) is 6.67. The molecule has 2 aliphatic heterocycles. The molecule has 1 atom stereocenters. The van der Waals surface area contributed by atoms with Crippen molar-refractivity contribution >= 4 is 11.6 Å². The second-order valence-electron chi connectivity index (χ2n) is 8.59. The molecule has 32 heavy (non-hydrogen) atoms. The van der Waals surface area contributed by atoms with E-state index >= 15 is 0 Å². The van der Waals surface area contributed by atoms with Gasteiger partial charge < -0.3 is 14.8 Å². The molecule has 0 bridgehead atoms. The standard InChI is InChI=1S/C23H25F2N5O2/c1-15-5-16(23(2)13-29(3-4-32-23)21-11-31-12-21)7-19(6-15)27-22-26-14-30(28-22)20-9-17(24)8-18(25)10-20/h5-10,14,21H,3-4,11-13H2,1-2H3,(H,27,28)/t23-/m0/s1. The van der Waals surface area contributed by atoms with Crippen LogP contribution >= 0.6 is 0 Å². The molecule has 0 aliphatic carbocycles. The van der Waals surface area contributed by atoms with Crippen molar-refractivity contribution in [2.24, 2.45) is 0 Å². The van der Waals surface area contributed by atoms with Crippen molar-refractivity contribution in [3.05, 3.63) is 65.5 Å². The van der Waals surface area contributed by atoms with E-state index < -0.39 is 17.2 Å². The van der Waals surface area contributed by atoms with Crippen LogP contribution in [0.15, 0.2) is 42.7 Å². The Bertz CT molecular complexity index is 1110. The summed E-state index contributed by atoms with van der Waals surface area (Å²) in [5.74, 6) is -1.01. The summed E-state index contributed by atoms with van der Waals surface area (Å²) < 4.78 is 40.0. The molecule has 0 saturated carbocycles. The number of aromatic nitrogens is 3. The van der Waals surface area contributed by atoms with Crippen LogP contribution in [0.2, 0.25) is 0 Å². The van der Waals surface area contributed by atoms with Gasteiger partial charge in [0.2, 0.25) is 5.95 Å². The Labute approximate surface area is 185 Å². The minimum atomic E-state index is -0.670. The lowest BCUT2D eigenvalue weighted by Gasteiger charge is -2.46. The number of nitrogens with one attached hydrogen (secondary N) is 1. The highest BCUT2D eigenvalue weighted by Crippen LogP contribution is 2.34. The molecular weight excluding hydrogens is 416 g/mol. The Kier molecular flexibility index (Phi) is 5.40. The molecule has 2 aliphatic rings. The fourth-order valence-corrected chi connectivity index (χ4v) is 4.23. The van der Waals surface area contributed by atoms with Gasteiger partial charge in [-0.3, -0.25) is 4.90 Å². The average molecular weight is 441 g/mol. The van der Waals surface area contributed by atoms with Crippen molar-refractivity contribution in [2.75, 3.05) is 38.2 Å². The molecule has 2 fully saturated rings. The number of hydrogen-bond donors (Lipinski definition) is 1. The molecule has 0 radical (unpaired) electrons. The average Bonchev–Trinajstić information content (AvgIpc) is 3.14. The molecule has 3 aromatic rings. The summed E-state index contributed by atoms with van der Waals surface area (Å²) in [6, 6.07) is 9.85. The van der Waals surface area contributed by atoms with E-state index in [1.165, 1.54) is 23.1 Å². The monoisotopic (exact) mass is 441 g/mol. The Balaban J connectivity index is 1.37. The first-order valence-electron chi connectivity index (χ1n) is 10.6. The second-order valence-corrected chi connectivity index (χ2v) is 8.59. The fourth-order valence-electron chi connectivity index (χ4n) is 4.23. The van der Waals surface area contributed by atoms with Crippen LogP contribution in [0.3, 0.4) is 0 Å². The summed E-state index contributed by atoms with van der Waals surface area (Å²) in [6.45, 7) is 8.06. The normalized spacial score (nSPS) is 22.0. The minimum Gasteiger partial charge on any atom is -0.378 e. The van der Waals surface area contributed by atoms with Crippen LogP contribution in [-0.2, 0) is 15.1 Å². The van der Waals surface area contributed by atoms with Crippen LogP contribution in [0.1, 0.15) is 18.1 Å². The first kappa shape index (κ1) is 21.0. The maximum Gasteiger partial charge on any atom is 0.246 e. The van der Waals surface area contributed by atoms with Gasteiger partial charge >= 0.3 is 0 Å². The van der Waals surface area contributed by atoms with Gasteiger partial charge in [0.05, 0.1) is 31.5 Å². The van der Waals surface area contributed by atoms with Crippen LogP contribution in [-0.4, -0.2) is 58.6 Å². The number of rotatable bonds is 5. The first-order chi connectivity index (χ1) is 15.4. The molecule has 0 unspecified atom stereocenters. The van der Waals surface area contributed by atoms with Crippen molar-refractivity contribution in [2.45, 2.75) is 25.5 Å². The highest BCUT2D eigenvalue weighted by Gasteiger charge is 2.38. The Morgan fingerprint density at radius 2 is 1.88 bits per heavy atom.